The molecule has 0 saturated heterocycles. The van der Waals surface area contributed by atoms with Crippen molar-refractivity contribution in [2.24, 2.45) is 0 Å². The fourth-order valence-corrected chi connectivity index (χ4v) is 2.36. The Labute approximate surface area is 107 Å². The van der Waals surface area contributed by atoms with Crippen LogP contribution in [0.1, 0.15) is 38.5 Å². The number of nitrogens with one attached hydrogen (secondary N) is 2. The second kappa shape index (κ2) is 6.28. The Morgan fingerprint density at radius 3 is 2.56 bits per heavy atom. The highest BCUT2D eigenvalue weighted by atomic mass is 16.3. The lowest BCUT2D eigenvalue weighted by molar-refractivity contribution is 0.247. The third-order valence-electron chi connectivity index (χ3n) is 3.29. The second-order valence-electron chi connectivity index (χ2n) is 4.84. The first-order chi connectivity index (χ1) is 8.74. The number of benzene rings is 1. The summed E-state index contributed by atoms with van der Waals surface area (Å²) in [5.74, 6) is 0.155. The molecule has 2 rings (SSSR count). The lowest BCUT2D eigenvalue weighted by Gasteiger charge is -2.16. The molecule has 3 N–H and O–H groups in total. The third kappa shape index (κ3) is 3.95. The molecule has 0 spiro atoms. The number of anilines is 1. The van der Waals surface area contributed by atoms with Gasteiger partial charge in [0.1, 0.15) is 5.75 Å². The maximum atomic E-state index is 11.8. The first kappa shape index (κ1) is 12.7. The van der Waals surface area contributed by atoms with Gasteiger partial charge in [-0.25, -0.2) is 4.79 Å². The van der Waals surface area contributed by atoms with Crippen molar-refractivity contribution >= 4 is 11.7 Å². The summed E-state index contributed by atoms with van der Waals surface area (Å²) in [7, 11) is 0. The highest BCUT2D eigenvalue weighted by molar-refractivity contribution is 5.89. The van der Waals surface area contributed by atoms with E-state index in [1.807, 2.05) is 0 Å². The molecule has 1 aliphatic carbocycles. The van der Waals surface area contributed by atoms with Crippen LogP contribution in [0.2, 0.25) is 0 Å². The average Bonchev–Trinajstić information content (AvgIpc) is 2.57. The summed E-state index contributed by atoms with van der Waals surface area (Å²) in [4.78, 5) is 11.8. The van der Waals surface area contributed by atoms with E-state index in [1.165, 1.54) is 31.7 Å². The molecule has 98 valence electrons. The minimum atomic E-state index is -0.188. The van der Waals surface area contributed by atoms with E-state index in [4.69, 9.17) is 0 Å². The standard InChI is InChI=1S/C14H20N2O2/c17-13-9-5-8-12(10-13)16-14(18)15-11-6-3-1-2-4-7-11/h5,8-11,17H,1-4,6-7H2,(H2,15,16,18). The summed E-state index contributed by atoms with van der Waals surface area (Å²) in [6, 6.07) is 6.67. The molecule has 18 heavy (non-hydrogen) atoms. The lowest BCUT2D eigenvalue weighted by atomic mass is 10.1. The number of phenolic OH excluding ortho intramolecular Hbond substituents is 1. The fraction of sp³-hybridized carbons (Fsp3) is 0.500. The molecule has 1 aliphatic rings. The van der Waals surface area contributed by atoms with E-state index in [1.54, 1.807) is 18.2 Å². The Kier molecular flexibility index (Phi) is 4.45. The molecule has 0 atom stereocenters. The summed E-state index contributed by atoms with van der Waals surface area (Å²) in [6.45, 7) is 0. The van der Waals surface area contributed by atoms with Crippen LogP contribution in [0, 0.1) is 0 Å². The number of carbonyl (C=O) groups excluding carboxylic acids is 1. The van der Waals surface area contributed by atoms with Crippen molar-refractivity contribution in [1.29, 1.82) is 0 Å². The largest absolute Gasteiger partial charge is 0.508 e. The van der Waals surface area contributed by atoms with Crippen molar-refractivity contribution in [3.8, 4) is 5.75 Å². The van der Waals surface area contributed by atoms with Gasteiger partial charge in [-0.15, -0.1) is 0 Å². The van der Waals surface area contributed by atoms with Crippen LogP contribution in [-0.2, 0) is 0 Å². The van der Waals surface area contributed by atoms with E-state index >= 15 is 0 Å². The summed E-state index contributed by atoms with van der Waals surface area (Å²) < 4.78 is 0. The van der Waals surface area contributed by atoms with Crippen LogP contribution < -0.4 is 10.6 Å². The van der Waals surface area contributed by atoms with Gasteiger partial charge in [-0.2, -0.15) is 0 Å². The first-order valence-electron chi connectivity index (χ1n) is 6.60. The van der Waals surface area contributed by atoms with Gasteiger partial charge in [-0.05, 0) is 25.0 Å². The third-order valence-corrected chi connectivity index (χ3v) is 3.29. The van der Waals surface area contributed by atoms with Crippen molar-refractivity contribution in [3.05, 3.63) is 24.3 Å². The molecule has 4 nitrogen and oxygen atoms in total. The Balaban J connectivity index is 1.84. The van der Waals surface area contributed by atoms with Gasteiger partial charge in [0.2, 0.25) is 0 Å². The van der Waals surface area contributed by atoms with Gasteiger partial charge in [0.25, 0.3) is 0 Å². The zero-order chi connectivity index (χ0) is 12.8. The number of phenols is 1. The van der Waals surface area contributed by atoms with Crippen molar-refractivity contribution < 1.29 is 9.90 Å². The van der Waals surface area contributed by atoms with Crippen LogP contribution >= 0.6 is 0 Å². The Morgan fingerprint density at radius 1 is 1.17 bits per heavy atom. The van der Waals surface area contributed by atoms with Gasteiger partial charge >= 0.3 is 6.03 Å². The van der Waals surface area contributed by atoms with Crippen LogP contribution in [0.15, 0.2) is 24.3 Å². The Morgan fingerprint density at radius 2 is 1.89 bits per heavy atom. The molecule has 0 bridgehead atoms. The Bertz CT molecular complexity index is 399. The molecule has 0 aromatic heterocycles. The number of aromatic hydroxyl groups is 1. The molecule has 1 saturated carbocycles. The number of rotatable bonds is 2. The van der Waals surface area contributed by atoms with E-state index in [-0.39, 0.29) is 17.8 Å². The van der Waals surface area contributed by atoms with Gasteiger partial charge in [-0.1, -0.05) is 31.7 Å². The molecule has 0 heterocycles. The van der Waals surface area contributed by atoms with E-state index in [0.717, 1.165) is 12.8 Å². The van der Waals surface area contributed by atoms with Crippen LogP contribution in [0.25, 0.3) is 0 Å². The Hall–Kier alpha value is -1.71. The van der Waals surface area contributed by atoms with Crippen LogP contribution in [-0.4, -0.2) is 17.2 Å². The molecule has 0 aliphatic heterocycles. The van der Waals surface area contributed by atoms with Gasteiger partial charge < -0.3 is 15.7 Å². The highest BCUT2D eigenvalue weighted by Crippen LogP contribution is 2.18. The molecule has 1 fully saturated rings. The summed E-state index contributed by atoms with van der Waals surface area (Å²) in [5, 5.41) is 15.0. The minimum Gasteiger partial charge on any atom is -0.508 e. The van der Waals surface area contributed by atoms with Crippen molar-refractivity contribution in [3.63, 3.8) is 0 Å². The SMILES string of the molecule is O=C(Nc1cccc(O)c1)NC1CCCCCC1. The van der Waals surface area contributed by atoms with Crippen LogP contribution in [0.4, 0.5) is 10.5 Å². The number of carbonyl (C=O) groups is 1. The van der Waals surface area contributed by atoms with Crippen molar-refractivity contribution in [2.45, 2.75) is 44.6 Å². The smallest absolute Gasteiger partial charge is 0.319 e. The maximum absolute atomic E-state index is 11.8. The topological polar surface area (TPSA) is 61.4 Å². The monoisotopic (exact) mass is 248 g/mol. The van der Waals surface area contributed by atoms with E-state index < -0.39 is 0 Å². The van der Waals surface area contributed by atoms with Gasteiger partial charge in [-0.3, -0.25) is 0 Å². The second-order valence-corrected chi connectivity index (χ2v) is 4.84. The molecule has 0 unspecified atom stereocenters. The molecule has 1 aromatic carbocycles. The number of hydrogen-bond donors (Lipinski definition) is 3. The highest BCUT2D eigenvalue weighted by Gasteiger charge is 2.14. The molecule has 1 aromatic rings. The minimum absolute atomic E-state index is 0.155. The van der Waals surface area contributed by atoms with E-state index in [2.05, 4.69) is 10.6 Å². The number of hydrogen-bond acceptors (Lipinski definition) is 2. The molecule has 0 radical (unpaired) electrons. The van der Waals surface area contributed by atoms with Gasteiger partial charge in [0.05, 0.1) is 0 Å². The van der Waals surface area contributed by atoms with Crippen LogP contribution in [0.5, 0.6) is 5.75 Å². The fourth-order valence-electron chi connectivity index (χ4n) is 2.36. The van der Waals surface area contributed by atoms with Crippen molar-refractivity contribution in [1.82, 2.24) is 5.32 Å². The molecular formula is C14H20N2O2. The molecule has 4 heteroatoms. The predicted octanol–water partition coefficient (Wildman–Crippen LogP) is 3.24. The van der Waals surface area contributed by atoms with E-state index in [9.17, 15) is 9.90 Å². The molecule has 2 amide bonds. The quantitative estimate of drug-likeness (QED) is 0.704. The van der Waals surface area contributed by atoms with Crippen LogP contribution in [0.3, 0.4) is 0 Å². The first-order valence-corrected chi connectivity index (χ1v) is 6.60. The zero-order valence-electron chi connectivity index (χ0n) is 10.5. The predicted molar refractivity (Wildman–Crippen MR) is 71.8 cm³/mol. The maximum Gasteiger partial charge on any atom is 0.319 e. The summed E-state index contributed by atoms with van der Waals surface area (Å²) in [6.07, 6.45) is 7.05. The van der Waals surface area contributed by atoms with Gasteiger partial charge in [0.15, 0.2) is 0 Å². The zero-order valence-corrected chi connectivity index (χ0v) is 10.5. The van der Waals surface area contributed by atoms with E-state index in [0.29, 0.717) is 5.69 Å². The normalized spacial score (nSPS) is 16.9. The average molecular weight is 248 g/mol. The number of urea groups is 1. The summed E-state index contributed by atoms with van der Waals surface area (Å²) >= 11 is 0. The lowest BCUT2D eigenvalue weighted by Crippen LogP contribution is -2.37. The summed E-state index contributed by atoms with van der Waals surface area (Å²) in [5.41, 5.74) is 0.612. The molecular weight excluding hydrogens is 228 g/mol. The number of amides is 2. The van der Waals surface area contributed by atoms with Crippen molar-refractivity contribution in [2.75, 3.05) is 5.32 Å². The van der Waals surface area contributed by atoms with Gasteiger partial charge in [0, 0.05) is 17.8 Å².